The molecule has 7 rings (SSSR count). The smallest absolute Gasteiger partial charge is 0.331 e. The summed E-state index contributed by atoms with van der Waals surface area (Å²) in [7, 11) is 0. The molecule has 64 heavy (non-hydrogen) atoms. The van der Waals surface area contributed by atoms with E-state index in [0.717, 1.165) is 32.1 Å². The van der Waals surface area contributed by atoms with Crippen LogP contribution in [0.25, 0.3) is 0 Å². The Balaban J connectivity index is 1.13. The van der Waals surface area contributed by atoms with E-state index >= 15 is 0 Å². The van der Waals surface area contributed by atoms with Crippen LogP contribution < -0.4 is 0 Å². The summed E-state index contributed by atoms with van der Waals surface area (Å²) < 4.78 is 40.3. The maximum absolute atomic E-state index is 14.4. The lowest BCUT2D eigenvalue weighted by atomic mass is 9.53. The van der Waals surface area contributed by atoms with Crippen molar-refractivity contribution < 1.29 is 53.0 Å². The quantitative estimate of drug-likeness (QED) is 0.0255. The molecule has 3 heterocycles. The molecule has 1 aromatic rings. The van der Waals surface area contributed by atoms with Crippen LogP contribution in [0.3, 0.4) is 0 Å². The maximum atomic E-state index is 14.4. The Morgan fingerprint density at radius 2 is 1.48 bits per heavy atom. The van der Waals surface area contributed by atoms with Crippen LogP contribution in [0.4, 0.5) is 0 Å². The average Bonchev–Trinajstić information content (AvgIpc) is 3.89. The molecule has 2 saturated carbocycles. The van der Waals surface area contributed by atoms with E-state index in [-0.39, 0.29) is 12.0 Å². The predicted octanol–water partition coefficient (Wildman–Crippen LogP) is 9.36. The topological polar surface area (TPSA) is 150 Å². The predicted molar refractivity (Wildman–Crippen MR) is 242 cm³/mol. The number of benzene rings is 1. The van der Waals surface area contributed by atoms with E-state index in [1.165, 1.54) is 63.9 Å². The van der Waals surface area contributed by atoms with Gasteiger partial charge in [0.2, 0.25) is 0 Å². The number of Topliss-reactive ketones (excluding diaryl/α,β-unsaturated/α-hetero) is 1. The van der Waals surface area contributed by atoms with Gasteiger partial charge in [0.1, 0.15) is 31.0 Å². The van der Waals surface area contributed by atoms with Gasteiger partial charge >= 0.3 is 17.9 Å². The van der Waals surface area contributed by atoms with Crippen molar-refractivity contribution in [2.45, 2.75) is 190 Å². The Morgan fingerprint density at radius 3 is 2.12 bits per heavy atom. The van der Waals surface area contributed by atoms with Crippen LogP contribution in [0, 0.1) is 17.8 Å². The third-order valence-electron chi connectivity index (χ3n) is 15.0. The molecule has 6 aliphatic rings. The van der Waals surface area contributed by atoms with Gasteiger partial charge in [0, 0.05) is 35.8 Å². The third kappa shape index (κ3) is 8.47. The molecule has 3 aliphatic carbocycles. The number of epoxide rings is 1. The summed E-state index contributed by atoms with van der Waals surface area (Å²) >= 11 is 0. The number of hydrogen-bond donors (Lipinski definition) is 2. The van der Waals surface area contributed by atoms with Gasteiger partial charge in [-0.25, -0.2) is 4.79 Å². The van der Waals surface area contributed by atoms with Gasteiger partial charge in [0.25, 0.3) is 0 Å². The summed E-state index contributed by atoms with van der Waals surface area (Å²) in [5, 5.41) is 25.4. The number of rotatable bonds is 24. The molecule has 0 radical (unpaired) electrons. The summed E-state index contributed by atoms with van der Waals surface area (Å²) in [4.78, 5) is 41.5. The molecule has 3 bridgehead atoms. The van der Waals surface area contributed by atoms with Crippen LogP contribution in [0.5, 0.6) is 0 Å². The zero-order valence-corrected chi connectivity index (χ0v) is 38.8. The molecule has 12 atom stereocenters. The first kappa shape index (κ1) is 48.2. The van der Waals surface area contributed by atoms with Gasteiger partial charge in [-0.3, -0.25) is 9.59 Å². The third-order valence-corrected chi connectivity index (χ3v) is 15.0. The van der Waals surface area contributed by atoms with Crippen LogP contribution in [-0.2, 0) is 48.8 Å². The molecule has 0 aromatic heterocycles. The summed E-state index contributed by atoms with van der Waals surface area (Å²) in [6.07, 6.45) is 24.8. The minimum Gasteiger partial charge on any atom is -0.462 e. The van der Waals surface area contributed by atoms with E-state index in [1.54, 1.807) is 44.2 Å². The van der Waals surface area contributed by atoms with E-state index in [2.05, 4.69) is 20.4 Å². The zero-order valence-electron chi connectivity index (χ0n) is 38.8. The fourth-order valence-corrected chi connectivity index (χ4v) is 11.6. The van der Waals surface area contributed by atoms with Gasteiger partial charge in [-0.05, 0) is 37.8 Å². The normalized spacial score (nSPS) is 36.8. The minimum atomic E-state index is -2.48. The van der Waals surface area contributed by atoms with Crippen molar-refractivity contribution in [3.63, 3.8) is 0 Å². The summed E-state index contributed by atoms with van der Waals surface area (Å²) in [6.45, 7) is 13.6. The highest BCUT2D eigenvalue weighted by Gasteiger charge is 2.91. The number of hydrogen-bond acceptors (Lipinski definition) is 11. The summed E-state index contributed by atoms with van der Waals surface area (Å²) in [5.74, 6) is -6.54. The van der Waals surface area contributed by atoms with Crippen molar-refractivity contribution >= 4 is 17.7 Å². The van der Waals surface area contributed by atoms with Crippen molar-refractivity contribution in [1.29, 1.82) is 0 Å². The Kier molecular flexibility index (Phi) is 15.1. The van der Waals surface area contributed by atoms with Crippen LogP contribution in [0.2, 0.25) is 0 Å². The van der Waals surface area contributed by atoms with E-state index in [0.29, 0.717) is 17.6 Å². The summed E-state index contributed by atoms with van der Waals surface area (Å²) in [6, 6.07) is 9.09. The van der Waals surface area contributed by atoms with Crippen molar-refractivity contribution in [3.05, 3.63) is 96.2 Å². The molecule has 3 aliphatic heterocycles. The highest BCUT2D eigenvalue weighted by molar-refractivity contribution is 6.05. The number of ketones is 1. The van der Waals surface area contributed by atoms with E-state index in [9.17, 15) is 24.6 Å². The van der Waals surface area contributed by atoms with Gasteiger partial charge < -0.3 is 38.6 Å². The molecule has 11 heteroatoms. The van der Waals surface area contributed by atoms with Crippen LogP contribution in [-0.4, -0.2) is 81.4 Å². The Bertz CT molecular complexity index is 1970. The maximum Gasteiger partial charge on any atom is 0.331 e. The Labute approximate surface area is 380 Å². The second kappa shape index (κ2) is 20.0. The van der Waals surface area contributed by atoms with Gasteiger partial charge in [0.05, 0.1) is 5.60 Å². The van der Waals surface area contributed by atoms with Crippen molar-refractivity contribution in [2.75, 3.05) is 6.61 Å². The van der Waals surface area contributed by atoms with E-state index in [4.69, 9.17) is 28.4 Å². The lowest BCUT2D eigenvalue weighted by Crippen LogP contribution is -2.76. The fraction of sp³-hybridized carbons (Fsp3) is 0.642. The molecule has 2 N–H and O–H groups in total. The largest absolute Gasteiger partial charge is 0.462 e. The van der Waals surface area contributed by atoms with Crippen LogP contribution in [0.1, 0.15) is 143 Å². The SMILES string of the molecule is C=C(C)C12OC3(c4ccccc4)OC1C1C4OC4(COC(=O)CCCCCCCCCCCCCCC)C(O)C4(O)C(=O)C(C)=CC4C1(O3)C(C)C2OC(=O)/C=C/C=C/C=C/CCC. The monoisotopic (exact) mass is 885 g/mol. The molecular weight excluding hydrogens is 813 g/mol. The Hall–Kier alpha value is -3.71. The Morgan fingerprint density at radius 1 is 0.844 bits per heavy atom. The van der Waals surface area contributed by atoms with Crippen molar-refractivity contribution in [1.82, 2.24) is 0 Å². The van der Waals surface area contributed by atoms with Crippen molar-refractivity contribution in [3.8, 4) is 0 Å². The number of carbonyl (C=O) groups is 3. The number of ether oxygens (including phenoxy) is 6. The highest BCUT2D eigenvalue weighted by Crippen LogP contribution is 2.74. The number of aliphatic hydroxyl groups is 2. The number of carbonyl (C=O) groups excluding carboxylic acids is 3. The van der Waals surface area contributed by atoms with Gasteiger partial charge in [-0.15, -0.1) is 0 Å². The van der Waals surface area contributed by atoms with Crippen molar-refractivity contribution in [2.24, 2.45) is 17.8 Å². The van der Waals surface area contributed by atoms with Gasteiger partial charge in [-0.1, -0.05) is 178 Å². The molecule has 11 nitrogen and oxygen atoms in total. The first-order valence-electron chi connectivity index (χ1n) is 24.3. The van der Waals surface area contributed by atoms with Gasteiger partial charge in [-0.2, -0.15) is 0 Å². The first-order chi connectivity index (χ1) is 30.8. The number of esters is 2. The van der Waals surface area contributed by atoms with E-state index in [1.807, 2.05) is 43.4 Å². The zero-order chi connectivity index (χ0) is 45.8. The molecule has 12 unspecified atom stereocenters. The molecule has 3 saturated heterocycles. The van der Waals surface area contributed by atoms with Crippen LogP contribution >= 0.6 is 0 Å². The number of unbranched alkanes of at least 4 members (excludes halogenated alkanes) is 13. The first-order valence-corrected chi connectivity index (χ1v) is 24.3. The molecule has 0 amide bonds. The fourth-order valence-electron chi connectivity index (χ4n) is 11.6. The van der Waals surface area contributed by atoms with Gasteiger partial charge in [0.15, 0.2) is 22.6 Å². The van der Waals surface area contributed by atoms with E-state index < -0.39 is 94.9 Å². The lowest BCUT2D eigenvalue weighted by Gasteiger charge is -2.61. The highest BCUT2D eigenvalue weighted by atomic mass is 16.9. The summed E-state index contributed by atoms with van der Waals surface area (Å²) in [5.41, 5.74) is -6.08. The average molecular weight is 885 g/mol. The number of allylic oxidation sites excluding steroid dienone is 5. The van der Waals surface area contributed by atoms with Crippen LogP contribution in [0.15, 0.2) is 90.6 Å². The molecule has 0 spiro atoms. The lowest BCUT2D eigenvalue weighted by molar-refractivity contribution is -0.440. The second-order valence-electron chi connectivity index (χ2n) is 19.3. The number of fused-ring (bicyclic) bond motifs is 3. The second-order valence-corrected chi connectivity index (χ2v) is 19.3. The standard InChI is InChI=1S/C53H72O11/c1-7-9-11-13-15-16-17-18-19-20-22-23-28-32-41(54)59-35-49-46(61-49)43-47-51(36(3)4)45(60-42(55)33-29-24-21-14-12-10-8-2)38(6)52(43,40-34-37(5)44(56)50(40,58)48(49)57)64-53(62-47,63-51)39-30-26-25-27-31-39/h12,14,21,24-27,29-31,33-34,38,40,43,45-48,57-58H,3,7-11,13,15-20,22-23,28,32,35H2,1-2,4-6H3/b14-12+,24-21+,33-29+. The molecule has 1 aromatic carbocycles. The number of aliphatic hydroxyl groups excluding tert-OH is 1. The molecule has 5 fully saturated rings. The molecule has 350 valence electrons. The molecular formula is C53H72O11. The minimum absolute atomic E-state index is 0.194.